The van der Waals surface area contributed by atoms with Crippen molar-refractivity contribution < 1.29 is 14.6 Å². The summed E-state index contributed by atoms with van der Waals surface area (Å²) in [5.41, 5.74) is 1.58. The van der Waals surface area contributed by atoms with Gasteiger partial charge in [-0.25, -0.2) is 0 Å². The van der Waals surface area contributed by atoms with E-state index in [2.05, 4.69) is 23.6 Å². The van der Waals surface area contributed by atoms with Crippen molar-refractivity contribution >= 4 is 5.91 Å². The molecule has 1 aromatic rings. The Balaban J connectivity index is 1.50. The number of ether oxygens (including phenoxy) is 1. The summed E-state index contributed by atoms with van der Waals surface area (Å²) >= 11 is 0. The molecule has 2 aliphatic heterocycles. The second-order valence-corrected chi connectivity index (χ2v) is 7.56. The number of amides is 1. The van der Waals surface area contributed by atoms with E-state index in [1.54, 1.807) is 0 Å². The summed E-state index contributed by atoms with van der Waals surface area (Å²) in [6.45, 7) is 8.83. The number of benzene rings is 1. The first-order valence-corrected chi connectivity index (χ1v) is 9.58. The van der Waals surface area contributed by atoms with Gasteiger partial charge in [0.2, 0.25) is 5.91 Å². The first kappa shape index (κ1) is 18.9. The summed E-state index contributed by atoms with van der Waals surface area (Å²) < 4.78 is 5.41. The molecular formula is C21H30N2O3. The fourth-order valence-electron chi connectivity index (χ4n) is 4.13. The van der Waals surface area contributed by atoms with Gasteiger partial charge in [-0.1, -0.05) is 18.2 Å². The highest BCUT2D eigenvalue weighted by atomic mass is 16.5. The average molecular weight is 358 g/mol. The summed E-state index contributed by atoms with van der Waals surface area (Å²) in [6, 6.07) is 8.14. The highest BCUT2D eigenvalue weighted by Gasteiger charge is 2.40. The van der Waals surface area contributed by atoms with E-state index < -0.39 is 0 Å². The van der Waals surface area contributed by atoms with Crippen LogP contribution in [0.1, 0.15) is 31.2 Å². The maximum Gasteiger partial charge on any atom is 0.222 e. The Hall–Kier alpha value is -1.85. The molecule has 0 bridgehead atoms. The Bertz CT molecular complexity index is 606. The first-order chi connectivity index (χ1) is 12.6. The molecule has 0 radical (unpaired) electrons. The Kier molecular flexibility index (Phi) is 6.33. The molecule has 0 saturated carbocycles. The zero-order chi connectivity index (χ0) is 18.4. The van der Waals surface area contributed by atoms with Crippen molar-refractivity contribution in [2.45, 2.75) is 32.2 Å². The first-order valence-electron chi connectivity index (χ1n) is 9.58. The van der Waals surface area contributed by atoms with Crippen molar-refractivity contribution in [1.82, 2.24) is 9.80 Å². The molecule has 5 nitrogen and oxygen atoms in total. The van der Waals surface area contributed by atoms with E-state index in [9.17, 15) is 4.79 Å². The van der Waals surface area contributed by atoms with Gasteiger partial charge in [0.05, 0.1) is 6.61 Å². The van der Waals surface area contributed by atoms with Gasteiger partial charge in [0.1, 0.15) is 12.4 Å². The van der Waals surface area contributed by atoms with Crippen LogP contribution in [0.5, 0.6) is 5.75 Å². The largest absolute Gasteiger partial charge is 0.491 e. The summed E-state index contributed by atoms with van der Waals surface area (Å²) in [5.74, 6) is 1.08. The monoisotopic (exact) mass is 358 g/mol. The van der Waals surface area contributed by atoms with Gasteiger partial charge in [-0.2, -0.15) is 0 Å². The van der Waals surface area contributed by atoms with Gasteiger partial charge in [-0.05, 0) is 55.5 Å². The van der Waals surface area contributed by atoms with Crippen LogP contribution in [0.15, 0.2) is 36.9 Å². The molecule has 2 saturated heterocycles. The fraction of sp³-hybridized carbons (Fsp3) is 0.571. The van der Waals surface area contributed by atoms with Crippen LogP contribution in [0, 0.1) is 5.41 Å². The summed E-state index contributed by atoms with van der Waals surface area (Å²) in [6.07, 6.45) is 5.87. The Morgan fingerprint density at radius 1 is 1.19 bits per heavy atom. The van der Waals surface area contributed by atoms with E-state index in [4.69, 9.17) is 9.84 Å². The third-order valence-corrected chi connectivity index (χ3v) is 5.70. The van der Waals surface area contributed by atoms with Crippen molar-refractivity contribution in [2.24, 2.45) is 5.41 Å². The molecule has 5 heteroatoms. The van der Waals surface area contributed by atoms with Crippen molar-refractivity contribution in [2.75, 3.05) is 39.4 Å². The molecule has 1 amide bonds. The second-order valence-electron chi connectivity index (χ2n) is 7.56. The highest BCUT2D eigenvalue weighted by molar-refractivity contribution is 5.77. The van der Waals surface area contributed by atoms with E-state index in [1.807, 2.05) is 23.1 Å². The number of aliphatic hydroxyl groups excluding tert-OH is 1. The molecule has 142 valence electrons. The molecule has 0 aromatic heterocycles. The van der Waals surface area contributed by atoms with Crippen molar-refractivity contribution in [3.63, 3.8) is 0 Å². The lowest BCUT2D eigenvalue weighted by Crippen LogP contribution is -2.51. The van der Waals surface area contributed by atoms with Crippen molar-refractivity contribution in [1.29, 1.82) is 0 Å². The predicted octanol–water partition coefficient (Wildman–Crippen LogP) is 2.45. The van der Waals surface area contributed by atoms with Gasteiger partial charge in [-0.3, -0.25) is 9.69 Å². The molecule has 0 unspecified atom stereocenters. The molecular weight excluding hydrogens is 328 g/mol. The lowest BCUT2D eigenvalue weighted by Gasteiger charge is -2.47. The van der Waals surface area contributed by atoms with E-state index in [0.29, 0.717) is 25.0 Å². The smallest absolute Gasteiger partial charge is 0.222 e. The van der Waals surface area contributed by atoms with E-state index in [1.165, 1.54) is 5.56 Å². The van der Waals surface area contributed by atoms with Gasteiger partial charge in [0, 0.05) is 26.1 Å². The van der Waals surface area contributed by atoms with Crippen LogP contribution in [0.3, 0.4) is 0 Å². The third-order valence-electron chi connectivity index (χ3n) is 5.70. The molecule has 0 aliphatic carbocycles. The van der Waals surface area contributed by atoms with E-state index in [-0.39, 0.29) is 12.5 Å². The Morgan fingerprint density at radius 2 is 1.92 bits per heavy atom. The number of rotatable bonds is 7. The number of carbonyl (C=O) groups is 1. The van der Waals surface area contributed by atoms with Crippen LogP contribution < -0.4 is 4.74 Å². The van der Waals surface area contributed by atoms with E-state index in [0.717, 1.165) is 51.2 Å². The topological polar surface area (TPSA) is 53.0 Å². The minimum absolute atomic E-state index is 0.0348. The number of aliphatic hydroxyl groups is 1. The lowest BCUT2D eigenvalue weighted by atomic mass is 9.72. The molecule has 2 heterocycles. The van der Waals surface area contributed by atoms with Crippen LogP contribution in [0.25, 0.3) is 0 Å². The second kappa shape index (κ2) is 8.69. The molecule has 3 rings (SSSR count). The third kappa shape index (κ3) is 4.65. The molecule has 1 spiro atoms. The summed E-state index contributed by atoms with van der Waals surface area (Å²) in [7, 11) is 0. The number of carbonyl (C=O) groups excluding carboxylic acids is 1. The summed E-state index contributed by atoms with van der Waals surface area (Å²) in [5, 5.41) is 8.81. The zero-order valence-corrected chi connectivity index (χ0v) is 15.5. The molecule has 2 aliphatic rings. The number of piperidine rings is 2. The molecule has 26 heavy (non-hydrogen) atoms. The van der Waals surface area contributed by atoms with Gasteiger partial charge >= 0.3 is 0 Å². The van der Waals surface area contributed by atoms with Crippen molar-refractivity contribution in [3.05, 3.63) is 42.5 Å². The number of nitrogens with zero attached hydrogens (tertiary/aromatic N) is 2. The summed E-state index contributed by atoms with van der Waals surface area (Å²) in [4.78, 5) is 16.5. The Morgan fingerprint density at radius 3 is 2.58 bits per heavy atom. The number of likely N-dealkylation sites (tertiary alicyclic amines) is 2. The maximum atomic E-state index is 12.1. The highest BCUT2D eigenvalue weighted by Crippen LogP contribution is 2.40. The normalized spacial score (nSPS) is 20.3. The quantitative estimate of drug-likeness (QED) is 0.761. The standard InChI is InChI=1S/C21H30N2O3/c1-2-11-23-17-21(8-7-20(23)25)9-12-22(13-10-21)16-18-3-5-19(6-4-18)26-15-14-24/h2-6,24H,1,7-17H2. The average Bonchev–Trinajstić information content (AvgIpc) is 2.66. The molecule has 0 atom stereocenters. The molecule has 2 fully saturated rings. The zero-order valence-electron chi connectivity index (χ0n) is 15.5. The van der Waals surface area contributed by atoms with Gasteiger partial charge < -0.3 is 14.7 Å². The molecule has 1 aromatic carbocycles. The minimum atomic E-state index is 0.0348. The van der Waals surface area contributed by atoms with Gasteiger partial charge in [0.25, 0.3) is 0 Å². The fourth-order valence-corrected chi connectivity index (χ4v) is 4.13. The SMILES string of the molecule is C=CCN1CC2(CCC1=O)CCN(Cc1ccc(OCCO)cc1)CC2. The van der Waals surface area contributed by atoms with Crippen molar-refractivity contribution in [3.8, 4) is 5.75 Å². The lowest BCUT2D eigenvalue weighted by molar-refractivity contribution is -0.138. The van der Waals surface area contributed by atoms with Crippen LogP contribution in [-0.4, -0.2) is 60.2 Å². The number of hydrogen-bond acceptors (Lipinski definition) is 4. The molecule has 1 N–H and O–H groups in total. The van der Waals surface area contributed by atoms with E-state index >= 15 is 0 Å². The van der Waals surface area contributed by atoms with Gasteiger partial charge in [0.15, 0.2) is 0 Å². The Labute approximate surface area is 156 Å². The predicted molar refractivity (Wildman–Crippen MR) is 102 cm³/mol. The van der Waals surface area contributed by atoms with Crippen LogP contribution in [0.2, 0.25) is 0 Å². The van der Waals surface area contributed by atoms with Crippen LogP contribution in [0.4, 0.5) is 0 Å². The van der Waals surface area contributed by atoms with Crippen LogP contribution >= 0.6 is 0 Å². The maximum absolute atomic E-state index is 12.1. The number of hydrogen-bond donors (Lipinski definition) is 1. The van der Waals surface area contributed by atoms with Crippen LogP contribution in [-0.2, 0) is 11.3 Å². The minimum Gasteiger partial charge on any atom is -0.491 e. The van der Waals surface area contributed by atoms with Gasteiger partial charge in [-0.15, -0.1) is 6.58 Å².